The minimum Gasteiger partial charge on any atom is -0.340 e. The highest BCUT2D eigenvalue weighted by atomic mass is 16.2. The standard InChI is InChI=1S/C63H114N12O3/c1-52(2)37-55(7,8)46(76)70(40-52)25-28-73(43-31-58(13,14)67-59(15,16)32-43)49-64-50(74(44-33-60(17,18)68-61(19,20)34-44)29-26-71-41-53(3,4)38-56(9,10)47(71)77)66-51(65-49)75(45-35-62(21,22)69-63(23,24)36-45)30-27-72-42-54(5,6)39-57(11,12)48(72)78/h43-45,67-69H,25-42H2,1-24H3. The molecular formula is C63H114N12O3. The summed E-state index contributed by atoms with van der Waals surface area (Å²) in [6.07, 6.45) is 7.62. The van der Waals surface area contributed by atoms with E-state index >= 15 is 0 Å². The van der Waals surface area contributed by atoms with Crippen LogP contribution in [0.15, 0.2) is 0 Å². The van der Waals surface area contributed by atoms with Gasteiger partial charge in [-0.1, -0.05) is 83.1 Å². The molecule has 0 saturated carbocycles. The number of rotatable bonds is 15. The number of amides is 3. The van der Waals surface area contributed by atoms with Gasteiger partial charge < -0.3 is 45.3 Å². The van der Waals surface area contributed by atoms with Crippen molar-refractivity contribution in [2.45, 2.75) is 275 Å². The van der Waals surface area contributed by atoms with E-state index in [4.69, 9.17) is 15.0 Å². The molecule has 0 unspecified atom stereocenters. The second-order valence-electron chi connectivity index (χ2n) is 34.5. The van der Waals surface area contributed by atoms with Crippen molar-refractivity contribution in [2.24, 2.45) is 32.5 Å². The number of carbonyl (C=O) groups is 3. The van der Waals surface area contributed by atoms with Gasteiger partial charge in [0, 0.05) is 127 Å². The van der Waals surface area contributed by atoms with Crippen molar-refractivity contribution in [3.63, 3.8) is 0 Å². The number of piperidine rings is 6. The Morgan fingerprint density at radius 2 is 0.551 bits per heavy atom. The molecular weight excluding hydrogens is 973 g/mol. The summed E-state index contributed by atoms with van der Waals surface area (Å²) in [5, 5.41) is 11.9. The van der Waals surface area contributed by atoms with Crippen LogP contribution in [0, 0.1) is 32.5 Å². The van der Waals surface area contributed by atoms with Gasteiger partial charge in [-0.15, -0.1) is 0 Å². The molecule has 444 valence electrons. The molecule has 15 heteroatoms. The lowest BCUT2D eigenvalue weighted by molar-refractivity contribution is -0.150. The third-order valence-corrected chi connectivity index (χ3v) is 18.2. The van der Waals surface area contributed by atoms with Gasteiger partial charge in [0.1, 0.15) is 0 Å². The Labute approximate surface area is 475 Å². The molecule has 7 rings (SSSR count). The first kappa shape index (κ1) is 62.3. The van der Waals surface area contributed by atoms with E-state index in [9.17, 15) is 14.4 Å². The predicted octanol–water partition coefficient (Wildman–Crippen LogP) is 10.1. The largest absolute Gasteiger partial charge is 0.340 e. The number of nitrogens with zero attached hydrogens (tertiary/aromatic N) is 9. The molecule has 0 spiro atoms. The summed E-state index contributed by atoms with van der Waals surface area (Å²) in [5.41, 5.74) is -2.75. The molecule has 0 radical (unpaired) electrons. The summed E-state index contributed by atoms with van der Waals surface area (Å²) in [4.78, 5) is 74.7. The molecule has 3 amide bonds. The number of likely N-dealkylation sites (tertiary alicyclic amines) is 3. The second kappa shape index (κ2) is 20.5. The third kappa shape index (κ3) is 14.8. The summed E-state index contributed by atoms with van der Waals surface area (Å²) >= 11 is 0. The van der Waals surface area contributed by atoms with Crippen molar-refractivity contribution in [1.29, 1.82) is 0 Å². The van der Waals surface area contributed by atoms with Gasteiger partial charge in [0.15, 0.2) is 0 Å². The number of hydrogen-bond acceptors (Lipinski definition) is 12. The lowest BCUT2D eigenvalue weighted by atomic mass is 9.70. The quantitative estimate of drug-likeness (QED) is 0.154. The van der Waals surface area contributed by atoms with Crippen LogP contribution in [0.1, 0.15) is 224 Å². The first-order valence-corrected chi connectivity index (χ1v) is 30.4. The summed E-state index contributed by atoms with van der Waals surface area (Å²) in [5.74, 6) is 2.47. The molecule has 1 aromatic heterocycles. The molecule has 7 heterocycles. The lowest BCUT2D eigenvalue weighted by Crippen LogP contribution is -2.64. The average Bonchev–Trinajstić information content (AvgIpc) is 3.18. The summed E-state index contributed by atoms with van der Waals surface area (Å²) < 4.78 is 0. The van der Waals surface area contributed by atoms with E-state index < -0.39 is 16.2 Å². The predicted molar refractivity (Wildman–Crippen MR) is 321 cm³/mol. The van der Waals surface area contributed by atoms with Gasteiger partial charge in [-0.3, -0.25) is 14.4 Å². The van der Waals surface area contributed by atoms with Crippen molar-refractivity contribution in [1.82, 2.24) is 45.6 Å². The Kier molecular flexibility index (Phi) is 16.4. The number of carbonyl (C=O) groups excluding carboxylic acids is 3. The van der Waals surface area contributed by atoms with Crippen LogP contribution in [0.25, 0.3) is 0 Å². The van der Waals surface area contributed by atoms with E-state index in [0.29, 0.717) is 76.7 Å². The fourth-order valence-electron chi connectivity index (χ4n) is 17.8. The highest BCUT2D eigenvalue weighted by Crippen LogP contribution is 2.45. The van der Waals surface area contributed by atoms with Crippen LogP contribution in [0.3, 0.4) is 0 Å². The Balaban J connectivity index is 1.46. The third-order valence-electron chi connectivity index (χ3n) is 18.2. The molecule has 6 aliphatic heterocycles. The van der Waals surface area contributed by atoms with E-state index in [1.165, 1.54) is 0 Å². The maximum atomic E-state index is 14.5. The van der Waals surface area contributed by atoms with Gasteiger partial charge in [0.2, 0.25) is 35.6 Å². The lowest BCUT2D eigenvalue weighted by Gasteiger charge is -2.52. The number of nitrogens with one attached hydrogen (secondary N) is 3. The van der Waals surface area contributed by atoms with Gasteiger partial charge in [-0.2, -0.15) is 15.0 Å². The van der Waals surface area contributed by atoms with Crippen LogP contribution in [-0.4, -0.2) is 158 Å². The molecule has 6 saturated heterocycles. The first-order chi connectivity index (χ1) is 35.1. The Morgan fingerprint density at radius 1 is 0.359 bits per heavy atom. The molecule has 15 nitrogen and oxygen atoms in total. The highest BCUT2D eigenvalue weighted by Gasteiger charge is 2.50. The molecule has 0 atom stereocenters. The zero-order chi connectivity index (χ0) is 58.6. The zero-order valence-corrected chi connectivity index (χ0v) is 54.2. The minimum atomic E-state index is -0.479. The van der Waals surface area contributed by atoms with Gasteiger partial charge in [-0.05, 0) is 157 Å². The molecule has 6 aliphatic rings. The van der Waals surface area contributed by atoms with Gasteiger partial charge >= 0.3 is 0 Å². The van der Waals surface area contributed by atoms with E-state index in [-0.39, 0.29) is 85.3 Å². The Morgan fingerprint density at radius 3 is 0.744 bits per heavy atom. The van der Waals surface area contributed by atoms with Crippen LogP contribution in [0.2, 0.25) is 0 Å². The fourth-order valence-corrected chi connectivity index (χ4v) is 17.8. The van der Waals surface area contributed by atoms with Crippen LogP contribution in [-0.2, 0) is 14.4 Å². The van der Waals surface area contributed by atoms with Crippen molar-refractivity contribution in [2.75, 3.05) is 73.6 Å². The monoisotopic (exact) mass is 1090 g/mol. The van der Waals surface area contributed by atoms with E-state index in [1.807, 2.05) is 0 Å². The number of anilines is 3. The molecule has 0 bridgehead atoms. The molecule has 0 aromatic carbocycles. The van der Waals surface area contributed by atoms with E-state index in [0.717, 1.165) is 57.8 Å². The smallest absolute Gasteiger partial charge is 0.232 e. The summed E-state index contributed by atoms with van der Waals surface area (Å²) in [6.45, 7) is 59.5. The second-order valence-corrected chi connectivity index (χ2v) is 34.5. The maximum absolute atomic E-state index is 14.5. The highest BCUT2D eigenvalue weighted by molar-refractivity contribution is 5.84. The maximum Gasteiger partial charge on any atom is 0.232 e. The van der Waals surface area contributed by atoms with E-state index in [2.05, 4.69) is 212 Å². The van der Waals surface area contributed by atoms with Crippen LogP contribution in [0.5, 0.6) is 0 Å². The summed E-state index contributed by atoms with van der Waals surface area (Å²) in [7, 11) is 0. The van der Waals surface area contributed by atoms with Gasteiger partial charge in [-0.25, -0.2) is 0 Å². The number of hydrogen-bond donors (Lipinski definition) is 3. The minimum absolute atomic E-state index is 0.0292. The van der Waals surface area contributed by atoms with E-state index in [1.54, 1.807) is 0 Å². The molecule has 1 aromatic rings. The van der Waals surface area contributed by atoms with Gasteiger partial charge in [0.05, 0.1) is 0 Å². The first-order valence-electron chi connectivity index (χ1n) is 30.4. The Hall–Kier alpha value is -3.30. The van der Waals surface area contributed by atoms with Crippen molar-refractivity contribution >= 4 is 35.6 Å². The van der Waals surface area contributed by atoms with Crippen LogP contribution < -0.4 is 30.7 Å². The topological polar surface area (TPSA) is 145 Å². The average molecular weight is 1090 g/mol. The SMILES string of the molecule is CC1(C)CN(CCN(c2nc(N(CCN3CC(C)(C)CC(C)(C)C3=O)C3CC(C)(C)NC(C)(C)C3)nc(N(CCN3CC(C)(C)CC(C)(C)C3=O)C3CC(C)(C)NC(C)(C)C3)n2)C2CC(C)(C)NC(C)(C)C2)C(=O)C(C)(C)C1. The van der Waals surface area contributed by atoms with Gasteiger partial charge in [0.25, 0.3) is 0 Å². The van der Waals surface area contributed by atoms with Crippen LogP contribution in [0.4, 0.5) is 17.8 Å². The fraction of sp³-hybridized carbons (Fsp3) is 0.905. The molecule has 3 N–H and O–H groups in total. The molecule has 78 heavy (non-hydrogen) atoms. The normalized spacial score (nSPS) is 27.8. The zero-order valence-electron chi connectivity index (χ0n) is 54.2. The molecule has 6 fully saturated rings. The van der Waals surface area contributed by atoms with Crippen LogP contribution >= 0.6 is 0 Å². The molecule has 0 aliphatic carbocycles. The Bertz CT molecular complexity index is 2060. The van der Waals surface area contributed by atoms with Crippen molar-refractivity contribution in [3.05, 3.63) is 0 Å². The number of aromatic nitrogens is 3. The van der Waals surface area contributed by atoms with Crippen molar-refractivity contribution < 1.29 is 14.4 Å². The summed E-state index contributed by atoms with van der Waals surface area (Å²) in [6, 6.07) is 0.0876. The van der Waals surface area contributed by atoms with Crippen molar-refractivity contribution in [3.8, 4) is 0 Å².